The van der Waals surface area contributed by atoms with Gasteiger partial charge in [0.1, 0.15) is 17.6 Å². The smallest absolute Gasteiger partial charge is 0.306 e. The predicted molar refractivity (Wildman–Crippen MR) is 89.6 cm³/mol. The molecule has 1 aliphatic carbocycles. The zero-order valence-corrected chi connectivity index (χ0v) is 14.2. The summed E-state index contributed by atoms with van der Waals surface area (Å²) in [5.41, 5.74) is 0.527. The summed E-state index contributed by atoms with van der Waals surface area (Å²) in [7, 11) is 0. The van der Waals surface area contributed by atoms with Crippen molar-refractivity contribution in [3.63, 3.8) is 0 Å². The Balaban J connectivity index is 1.80. The van der Waals surface area contributed by atoms with E-state index in [0.717, 1.165) is 44.1 Å². The predicted octanol–water partition coefficient (Wildman–Crippen LogP) is 4.42. The Morgan fingerprint density at radius 1 is 1.22 bits per heavy atom. The van der Waals surface area contributed by atoms with Crippen molar-refractivity contribution in [2.75, 3.05) is 0 Å². The molecular formula is C19H28O4. The van der Waals surface area contributed by atoms with E-state index in [1.165, 1.54) is 12.5 Å². The van der Waals surface area contributed by atoms with Crippen molar-refractivity contribution in [2.24, 2.45) is 0 Å². The van der Waals surface area contributed by atoms with E-state index < -0.39 is 0 Å². The summed E-state index contributed by atoms with van der Waals surface area (Å²) in [6.45, 7) is 4.07. The molecule has 1 aromatic rings. The van der Waals surface area contributed by atoms with Crippen LogP contribution < -0.4 is 0 Å². The third kappa shape index (κ3) is 5.15. The summed E-state index contributed by atoms with van der Waals surface area (Å²) in [5.74, 6) is 0.0421. The summed E-state index contributed by atoms with van der Waals surface area (Å²) in [6, 6.07) is 4.67. The van der Waals surface area contributed by atoms with Gasteiger partial charge in [-0.05, 0) is 55.6 Å². The van der Waals surface area contributed by atoms with Gasteiger partial charge in [-0.2, -0.15) is 0 Å². The number of benzene rings is 1. The molecule has 1 aromatic carbocycles. The molecule has 4 heteroatoms. The molecule has 128 valence electrons. The van der Waals surface area contributed by atoms with Gasteiger partial charge in [-0.1, -0.05) is 26.3 Å². The van der Waals surface area contributed by atoms with Crippen molar-refractivity contribution in [3.05, 3.63) is 23.8 Å². The van der Waals surface area contributed by atoms with E-state index >= 15 is 0 Å². The van der Waals surface area contributed by atoms with Crippen LogP contribution in [0.25, 0.3) is 0 Å². The lowest BCUT2D eigenvalue weighted by molar-refractivity contribution is -0.150. The van der Waals surface area contributed by atoms with Crippen LogP contribution in [0.15, 0.2) is 18.2 Å². The summed E-state index contributed by atoms with van der Waals surface area (Å²) in [4.78, 5) is 11.9. The van der Waals surface area contributed by atoms with Gasteiger partial charge in [0.25, 0.3) is 0 Å². The Labute approximate surface area is 138 Å². The maximum atomic E-state index is 11.9. The van der Waals surface area contributed by atoms with Crippen molar-refractivity contribution >= 4 is 5.97 Å². The largest absolute Gasteiger partial charge is 0.508 e. The molecule has 0 aromatic heterocycles. The first kappa shape index (κ1) is 17.6. The van der Waals surface area contributed by atoms with Crippen LogP contribution in [0.2, 0.25) is 0 Å². The molecule has 2 N–H and O–H groups in total. The standard InChI is InChI=1S/C19H28O4/c1-19(2,16-11-10-14(20)13-17(16)21)12-6-9-18(22)23-15-7-4-3-5-8-15/h10-11,13,15,20-21H,3-9,12H2,1-2H3. The number of rotatable bonds is 6. The molecule has 0 unspecified atom stereocenters. The third-order valence-electron chi connectivity index (χ3n) is 4.74. The fourth-order valence-electron chi connectivity index (χ4n) is 3.33. The Kier molecular flexibility index (Phi) is 5.91. The number of hydrogen-bond donors (Lipinski definition) is 2. The second-order valence-corrected chi connectivity index (χ2v) is 7.19. The van der Waals surface area contributed by atoms with Gasteiger partial charge in [-0.3, -0.25) is 4.79 Å². The van der Waals surface area contributed by atoms with Gasteiger partial charge in [-0.15, -0.1) is 0 Å². The number of phenolic OH excluding ortho intramolecular Hbond substituents is 2. The second-order valence-electron chi connectivity index (χ2n) is 7.19. The highest BCUT2D eigenvalue weighted by atomic mass is 16.5. The molecular weight excluding hydrogens is 292 g/mol. The highest BCUT2D eigenvalue weighted by Crippen LogP contribution is 2.36. The first-order valence-corrected chi connectivity index (χ1v) is 8.60. The van der Waals surface area contributed by atoms with Gasteiger partial charge in [0.2, 0.25) is 0 Å². The third-order valence-corrected chi connectivity index (χ3v) is 4.74. The van der Waals surface area contributed by atoms with Crippen LogP contribution in [-0.4, -0.2) is 22.3 Å². The highest BCUT2D eigenvalue weighted by Gasteiger charge is 2.25. The zero-order valence-electron chi connectivity index (χ0n) is 14.2. The van der Waals surface area contributed by atoms with Crippen LogP contribution >= 0.6 is 0 Å². The average molecular weight is 320 g/mol. The Morgan fingerprint density at radius 2 is 1.91 bits per heavy atom. The van der Waals surface area contributed by atoms with Crippen molar-refractivity contribution in [2.45, 2.75) is 76.7 Å². The number of carbonyl (C=O) groups is 1. The quantitative estimate of drug-likeness (QED) is 0.761. The minimum absolute atomic E-state index is 0.0538. The van der Waals surface area contributed by atoms with Crippen LogP contribution in [-0.2, 0) is 14.9 Å². The SMILES string of the molecule is CC(C)(CCCC(=O)OC1CCCCC1)c1ccc(O)cc1O. The van der Waals surface area contributed by atoms with Crippen molar-refractivity contribution in [1.29, 1.82) is 0 Å². The molecule has 2 rings (SSSR count). The number of ether oxygens (including phenoxy) is 1. The first-order valence-electron chi connectivity index (χ1n) is 8.60. The maximum Gasteiger partial charge on any atom is 0.306 e. The number of hydrogen-bond acceptors (Lipinski definition) is 4. The maximum absolute atomic E-state index is 11.9. The van der Waals surface area contributed by atoms with Gasteiger partial charge in [0, 0.05) is 12.5 Å². The highest BCUT2D eigenvalue weighted by molar-refractivity contribution is 5.69. The molecule has 0 amide bonds. The molecule has 0 heterocycles. The molecule has 0 aliphatic heterocycles. The van der Waals surface area contributed by atoms with Gasteiger partial charge >= 0.3 is 5.97 Å². The lowest BCUT2D eigenvalue weighted by Crippen LogP contribution is -2.22. The van der Waals surface area contributed by atoms with Crippen molar-refractivity contribution in [1.82, 2.24) is 0 Å². The minimum Gasteiger partial charge on any atom is -0.508 e. The molecule has 0 saturated heterocycles. The topological polar surface area (TPSA) is 66.8 Å². The minimum atomic E-state index is -0.261. The van der Waals surface area contributed by atoms with Crippen molar-refractivity contribution < 1.29 is 19.7 Å². The van der Waals surface area contributed by atoms with Crippen LogP contribution in [0.4, 0.5) is 0 Å². The van der Waals surface area contributed by atoms with Gasteiger partial charge < -0.3 is 14.9 Å². The lowest BCUT2D eigenvalue weighted by atomic mass is 9.79. The van der Waals surface area contributed by atoms with Gasteiger partial charge in [0.15, 0.2) is 0 Å². The second kappa shape index (κ2) is 7.71. The summed E-state index contributed by atoms with van der Waals surface area (Å²) in [6.07, 6.45) is 7.58. The van der Waals surface area contributed by atoms with E-state index in [2.05, 4.69) is 0 Å². The van der Waals surface area contributed by atoms with Crippen LogP contribution in [0.5, 0.6) is 11.5 Å². The fourth-order valence-corrected chi connectivity index (χ4v) is 3.33. The monoisotopic (exact) mass is 320 g/mol. The number of carbonyl (C=O) groups excluding carboxylic acids is 1. The van der Waals surface area contributed by atoms with E-state index in [9.17, 15) is 15.0 Å². The molecule has 0 radical (unpaired) electrons. The molecule has 0 spiro atoms. The average Bonchev–Trinajstić information content (AvgIpc) is 2.47. The fraction of sp³-hybridized carbons (Fsp3) is 0.632. The normalized spacial score (nSPS) is 16.3. The van der Waals surface area contributed by atoms with E-state index in [4.69, 9.17) is 4.74 Å². The summed E-state index contributed by atoms with van der Waals surface area (Å²) >= 11 is 0. The number of aromatic hydroxyl groups is 2. The van der Waals surface area contributed by atoms with E-state index in [-0.39, 0.29) is 29.0 Å². The van der Waals surface area contributed by atoms with Crippen LogP contribution in [0, 0.1) is 0 Å². The van der Waals surface area contributed by atoms with Crippen LogP contribution in [0.1, 0.15) is 70.8 Å². The molecule has 1 fully saturated rings. The summed E-state index contributed by atoms with van der Waals surface area (Å²) in [5, 5.41) is 19.4. The number of phenols is 2. The Morgan fingerprint density at radius 3 is 2.57 bits per heavy atom. The van der Waals surface area contributed by atoms with E-state index in [0.29, 0.717) is 6.42 Å². The molecule has 1 saturated carbocycles. The van der Waals surface area contributed by atoms with Gasteiger partial charge in [0.05, 0.1) is 0 Å². The van der Waals surface area contributed by atoms with E-state index in [1.807, 2.05) is 13.8 Å². The Bertz CT molecular complexity index is 530. The molecule has 1 aliphatic rings. The molecule has 0 atom stereocenters. The number of esters is 1. The van der Waals surface area contributed by atoms with E-state index in [1.54, 1.807) is 12.1 Å². The molecule has 0 bridgehead atoms. The zero-order chi connectivity index (χ0) is 16.9. The lowest BCUT2D eigenvalue weighted by Gasteiger charge is -2.26. The molecule has 4 nitrogen and oxygen atoms in total. The van der Waals surface area contributed by atoms with Crippen molar-refractivity contribution in [3.8, 4) is 11.5 Å². The first-order chi connectivity index (χ1) is 10.9. The Hall–Kier alpha value is -1.71. The summed E-state index contributed by atoms with van der Waals surface area (Å²) < 4.78 is 5.53. The molecule has 23 heavy (non-hydrogen) atoms. The van der Waals surface area contributed by atoms with Crippen LogP contribution in [0.3, 0.4) is 0 Å². The van der Waals surface area contributed by atoms with Gasteiger partial charge in [-0.25, -0.2) is 0 Å².